The highest BCUT2D eigenvalue weighted by Gasteiger charge is 2.15. The zero-order chi connectivity index (χ0) is 22.4. The zero-order valence-corrected chi connectivity index (χ0v) is 19.4. The molecule has 0 amide bonds. The van der Waals surface area contributed by atoms with Gasteiger partial charge in [0.1, 0.15) is 0 Å². The highest BCUT2D eigenvalue weighted by molar-refractivity contribution is 7.98. The van der Waals surface area contributed by atoms with Crippen LogP contribution in [0.2, 0.25) is 5.02 Å². The summed E-state index contributed by atoms with van der Waals surface area (Å²) in [6.07, 6.45) is 1.98. The standard InChI is InChI=1S/C24H20ClN5OS/c1-14-5-4-6-19(9-14)30-22(31)20-8-7-17(25)11-21(20)28-24(30)32-13-18-12-29-16(3)10-15(2)26-23(29)27-18/h4-12H,13H2,1-3H3. The van der Waals surface area contributed by atoms with Crippen LogP contribution in [-0.4, -0.2) is 23.9 Å². The molecule has 0 atom stereocenters. The van der Waals surface area contributed by atoms with Crippen LogP contribution < -0.4 is 5.56 Å². The number of benzene rings is 2. The molecule has 160 valence electrons. The highest BCUT2D eigenvalue weighted by atomic mass is 35.5. The van der Waals surface area contributed by atoms with Gasteiger partial charge in [0.2, 0.25) is 5.78 Å². The van der Waals surface area contributed by atoms with E-state index in [9.17, 15) is 4.79 Å². The first-order chi connectivity index (χ1) is 15.4. The maximum Gasteiger partial charge on any atom is 0.266 e. The molecule has 3 aromatic heterocycles. The Morgan fingerprint density at radius 2 is 1.84 bits per heavy atom. The largest absolute Gasteiger partial charge is 0.288 e. The molecule has 8 heteroatoms. The van der Waals surface area contributed by atoms with E-state index in [1.165, 1.54) is 11.8 Å². The van der Waals surface area contributed by atoms with E-state index in [1.54, 1.807) is 22.8 Å². The molecule has 6 nitrogen and oxygen atoms in total. The van der Waals surface area contributed by atoms with E-state index in [1.807, 2.05) is 61.7 Å². The van der Waals surface area contributed by atoms with E-state index in [4.69, 9.17) is 16.6 Å². The molecule has 0 saturated heterocycles. The molecule has 2 aromatic carbocycles. The summed E-state index contributed by atoms with van der Waals surface area (Å²) in [5, 5.41) is 1.67. The van der Waals surface area contributed by atoms with Crippen molar-refractivity contribution >= 4 is 40.0 Å². The monoisotopic (exact) mass is 461 g/mol. The highest BCUT2D eigenvalue weighted by Crippen LogP contribution is 2.26. The minimum absolute atomic E-state index is 0.122. The summed E-state index contributed by atoms with van der Waals surface area (Å²) in [6.45, 7) is 5.99. The van der Waals surface area contributed by atoms with Crippen LogP contribution in [0.15, 0.2) is 64.7 Å². The number of halogens is 1. The van der Waals surface area contributed by atoms with Gasteiger partial charge in [0.25, 0.3) is 5.56 Å². The van der Waals surface area contributed by atoms with Crippen molar-refractivity contribution in [3.63, 3.8) is 0 Å². The molecule has 0 radical (unpaired) electrons. The predicted molar refractivity (Wildman–Crippen MR) is 129 cm³/mol. The lowest BCUT2D eigenvalue weighted by Crippen LogP contribution is -2.21. The zero-order valence-electron chi connectivity index (χ0n) is 17.8. The topological polar surface area (TPSA) is 65.1 Å². The fourth-order valence-electron chi connectivity index (χ4n) is 3.76. The van der Waals surface area contributed by atoms with Crippen molar-refractivity contribution < 1.29 is 0 Å². The minimum Gasteiger partial charge on any atom is -0.288 e. The Morgan fingerprint density at radius 3 is 2.66 bits per heavy atom. The van der Waals surface area contributed by atoms with Crippen molar-refractivity contribution in [3.8, 4) is 5.69 Å². The molecule has 0 unspecified atom stereocenters. The van der Waals surface area contributed by atoms with Crippen molar-refractivity contribution in [2.45, 2.75) is 31.7 Å². The lowest BCUT2D eigenvalue weighted by atomic mass is 10.2. The molecule has 0 saturated carbocycles. The second kappa shape index (κ2) is 8.07. The average molecular weight is 462 g/mol. The van der Waals surface area contributed by atoms with Crippen LogP contribution >= 0.6 is 23.4 Å². The molecule has 0 N–H and O–H groups in total. The maximum atomic E-state index is 13.4. The Balaban J connectivity index is 1.61. The van der Waals surface area contributed by atoms with Gasteiger partial charge >= 0.3 is 0 Å². The number of fused-ring (bicyclic) bond motifs is 2. The molecule has 0 aliphatic heterocycles. The van der Waals surface area contributed by atoms with Crippen molar-refractivity contribution in [3.05, 3.63) is 92.7 Å². The molecular weight excluding hydrogens is 442 g/mol. The summed E-state index contributed by atoms with van der Waals surface area (Å²) < 4.78 is 3.64. The van der Waals surface area contributed by atoms with E-state index < -0.39 is 0 Å². The van der Waals surface area contributed by atoms with E-state index in [0.717, 1.165) is 28.3 Å². The van der Waals surface area contributed by atoms with E-state index in [0.29, 0.717) is 32.6 Å². The van der Waals surface area contributed by atoms with Crippen LogP contribution in [0.5, 0.6) is 0 Å². The Labute approximate surface area is 193 Å². The molecular formula is C24H20ClN5OS. The number of imidazole rings is 1. The van der Waals surface area contributed by atoms with Crippen LogP contribution in [0.3, 0.4) is 0 Å². The smallest absolute Gasteiger partial charge is 0.266 e. The van der Waals surface area contributed by atoms with Gasteiger partial charge in [-0.05, 0) is 62.7 Å². The van der Waals surface area contributed by atoms with Gasteiger partial charge in [-0.3, -0.25) is 13.8 Å². The fourth-order valence-corrected chi connectivity index (χ4v) is 4.82. The summed E-state index contributed by atoms with van der Waals surface area (Å²) >= 11 is 7.64. The molecule has 0 aliphatic rings. The Kier molecular flexibility index (Phi) is 5.23. The van der Waals surface area contributed by atoms with Gasteiger partial charge in [-0.1, -0.05) is 35.5 Å². The van der Waals surface area contributed by atoms with E-state index >= 15 is 0 Å². The minimum atomic E-state index is -0.122. The van der Waals surface area contributed by atoms with Crippen LogP contribution in [0, 0.1) is 20.8 Å². The molecule has 5 aromatic rings. The third-order valence-corrected chi connectivity index (χ3v) is 6.43. The van der Waals surface area contributed by atoms with Crippen LogP contribution in [0.1, 0.15) is 22.6 Å². The van der Waals surface area contributed by atoms with Gasteiger partial charge in [-0.15, -0.1) is 0 Å². The number of aromatic nitrogens is 5. The molecule has 0 aliphatic carbocycles. The third kappa shape index (κ3) is 3.78. The van der Waals surface area contributed by atoms with Crippen LogP contribution in [0.25, 0.3) is 22.4 Å². The first kappa shape index (κ1) is 20.7. The van der Waals surface area contributed by atoms with E-state index in [-0.39, 0.29) is 5.56 Å². The van der Waals surface area contributed by atoms with Gasteiger partial charge in [0.15, 0.2) is 5.16 Å². The lowest BCUT2D eigenvalue weighted by molar-refractivity contribution is 0.818. The molecule has 3 heterocycles. The Morgan fingerprint density at radius 1 is 1.00 bits per heavy atom. The first-order valence-corrected chi connectivity index (χ1v) is 11.5. The number of nitrogens with zero attached hydrogens (tertiary/aromatic N) is 5. The summed E-state index contributed by atoms with van der Waals surface area (Å²) in [6, 6.07) is 15.0. The molecule has 0 spiro atoms. The van der Waals surface area contributed by atoms with E-state index in [2.05, 4.69) is 9.97 Å². The summed E-state index contributed by atoms with van der Waals surface area (Å²) in [5.74, 6) is 1.22. The van der Waals surface area contributed by atoms with Crippen molar-refractivity contribution in [2.75, 3.05) is 0 Å². The van der Waals surface area contributed by atoms with Crippen LogP contribution in [0.4, 0.5) is 0 Å². The Hall–Kier alpha value is -3.16. The number of thioether (sulfide) groups is 1. The SMILES string of the molecule is Cc1cccc(-n2c(SCc3cn4c(C)cc(C)nc4n3)nc3cc(Cl)ccc3c2=O)c1. The van der Waals surface area contributed by atoms with Crippen LogP contribution in [-0.2, 0) is 5.75 Å². The average Bonchev–Trinajstić information content (AvgIpc) is 3.15. The molecule has 0 fully saturated rings. The summed E-state index contributed by atoms with van der Waals surface area (Å²) in [7, 11) is 0. The quantitative estimate of drug-likeness (QED) is 0.268. The first-order valence-electron chi connectivity index (χ1n) is 10.1. The van der Waals surface area contributed by atoms with Crippen molar-refractivity contribution in [1.82, 2.24) is 23.9 Å². The van der Waals surface area contributed by atoms with Gasteiger partial charge in [-0.2, -0.15) is 0 Å². The fraction of sp³-hybridized carbons (Fsp3) is 0.167. The van der Waals surface area contributed by atoms with Crippen molar-refractivity contribution in [1.29, 1.82) is 0 Å². The Bertz CT molecular complexity index is 1560. The number of hydrogen-bond donors (Lipinski definition) is 0. The summed E-state index contributed by atoms with van der Waals surface area (Å²) in [5.41, 5.74) is 5.18. The second-order valence-electron chi connectivity index (χ2n) is 7.77. The molecule has 5 rings (SSSR count). The van der Waals surface area contributed by atoms with Crippen molar-refractivity contribution in [2.24, 2.45) is 0 Å². The molecule has 0 bridgehead atoms. The number of hydrogen-bond acceptors (Lipinski definition) is 5. The normalized spacial score (nSPS) is 11.5. The van der Waals surface area contributed by atoms with Gasteiger partial charge in [0, 0.05) is 28.4 Å². The maximum absolute atomic E-state index is 13.4. The predicted octanol–water partition coefficient (Wildman–Crippen LogP) is 5.30. The van der Waals surface area contributed by atoms with Gasteiger partial charge in [-0.25, -0.2) is 15.0 Å². The molecule has 32 heavy (non-hydrogen) atoms. The van der Waals surface area contributed by atoms with Gasteiger partial charge < -0.3 is 0 Å². The number of rotatable bonds is 4. The third-order valence-electron chi connectivity index (χ3n) is 5.22. The lowest BCUT2D eigenvalue weighted by Gasteiger charge is -2.13. The second-order valence-corrected chi connectivity index (χ2v) is 9.14. The number of aryl methyl sites for hydroxylation is 3. The van der Waals surface area contributed by atoms with Gasteiger partial charge in [0.05, 0.1) is 22.3 Å². The summed E-state index contributed by atoms with van der Waals surface area (Å²) in [4.78, 5) is 27.4.